The molecular formula is C20H27NO4. The Bertz CT molecular complexity index is 619. The summed E-state index contributed by atoms with van der Waals surface area (Å²) >= 11 is 0. The lowest BCUT2D eigenvalue weighted by Gasteiger charge is -2.54. The van der Waals surface area contributed by atoms with Crippen LogP contribution in [0.5, 0.6) is 0 Å². The summed E-state index contributed by atoms with van der Waals surface area (Å²) in [5, 5.41) is 0. The van der Waals surface area contributed by atoms with E-state index in [1.165, 1.54) is 12.0 Å². The Labute approximate surface area is 149 Å². The number of nitrogens with zero attached hydrogens (tertiary/aromatic N) is 1. The van der Waals surface area contributed by atoms with Crippen molar-refractivity contribution in [2.45, 2.75) is 68.9 Å². The molecule has 4 aliphatic rings. The molecule has 5 heteroatoms. The number of hydrogen-bond donors (Lipinski definition) is 0. The number of piperidine rings is 1. The molecule has 4 bridgehead atoms. The Morgan fingerprint density at radius 2 is 1.96 bits per heavy atom. The quantitative estimate of drug-likeness (QED) is 0.838. The Balaban J connectivity index is 1.48. The van der Waals surface area contributed by atoms with Gasteiger partial charge < -0.3 is 18.9 Å². The molecular weight excluding hydrogens is 318 g/mol. The standard InChI is InChI=1S/C20H27NO4/c1-19-20(11-9-18-22-12-13-23-18)10-5-8-17(25-19)21(20)16(14-24-19)15-6-3-2-4-7-15/h2-4,6-7,16-18H,5,8-14H2,1H3/t16-,17-,19-,20+/m0/s1. The van der Waals surface area contributed by atoms with Crippen LogP contribution in [0.3, 0.4) is 0 Å². The molecule has 25 heavy (non-hydrogen) atoms. The fourth-order valence-electron chi connectivity index (χ4n) is 5.39. The first-order valence-corrected chi connectivity index (χ1v) is 9.60. The third-order valence-corrected chi connectivity index (χ3v) is 6.57. The fourth-order valence-corrected chi connectivity index (χ4v) is 5.39. The van der Waals surface area contributed by atoms with Crippen LogP contribution in [0.4, 0.5) is 0 Å². The lowest BCUT2D eigenvalue weighted by atomic mass is 9.75. The molecule has 4 aliphatic heterocycles. The van der Waals surface area contributed by atoms with Crippen molar-refractivity contribution in [3.05, 3.63) is 35.9 Å². The molecule has 0 aliphatic carbocycles. The summed E-state index contributed by atoms with van der Waals surface area (Å²) in [5.74, 6) is -0.530. The zero-order valence-electron chi connectivity index (χ0n) is 14.9. The van der Waals surface area contributed by atoms with Crippen molar-refractivity contribution in [1.82, 2.24) is 4.90 Å². The van der Waals surface area contributed by atoms with Crippen LogP contribution in [0.1, 0.15) is 50.6 Å². The van der Waals surface area contributed by atoms with Crippen molar-refractivity contribution in [1.29, 1.82) is 0 Å². The number of ether oxygens (including phenoxy) is 4. The average Bonchev–Trinajstić information content (AvgIpc) is 3.14. The molecule has 0 aromatic heterocycles. The minimum Gasteiger partial charge on any atom is -0.350 e. The smallest absolute Gasteiger partial charge is 0.186 e. The predicted molar refractivity (Wildman–Crippen MR) is 91.8 cm³/mol. The second-order valence-corrected chi connectivity index (χ2v) is 7.80. The van der Waals surface area contributed by atoms with Crippen LogP contribution >= 0.6 is 0 Å². The van der Waals surface area contributed by atoms with Gasteiger partial charge in [-0.3, -0.25) is 4.90 Å². The third-order valence-electron chi connectivity index (χ3n) is 6.57. The minimum atomic E-state index is -0.530. The van der Waals surface area contributed by atoms with Gasteiger partial charge >= 0.3 is 0 Å². The van der Waals surface area contributed by atoms with E-state index in [-0.39, 0.29) is 24.1 Å². The molecule has 0 saturated carbocycles. The Morgan fingerprint density at radius 1 is 1.16 bits per heavy atom. The molecule has 5 atom stereocenters. The SMILES string of the molecule is C[C@@]12OC[C@@H](c3ccccc3)N3[C@H](CCC[C@]31CCC1OCCO1)O2. The van der Waals surface area contributed by atoms with Crippen LogP contribution < -0.4 is 0 Å². The van der Waals surface area contributed by atoms with Crippen molar-refractivity contribution < 1.29 is 18.9 Å². The second-order valence-electron chi connectivity index (χ2n) is 7.80. The van der Waals surface area contributed by atoms with Gasteiger partial charge in [-0.25, -0.2) is 0 Å². The monoisotopic (exact) mass is 345 g/mol. The minimum absolute atomic E-state index is 0.0731. The first-order valence-electron chi connectivity index (χ1n) is 9.60. The number of rotatable bonds is 4. The molecule has 4 saturated heterocycles. The first kappa shape index (κ1) is 16.2. The lowest BCUT2D eigenvalue weighted by Crippen LogP contribution is -2.65. The molecule has 136 valence electrons. The van der Waals surface area contributed by atoms with E-state index in [1.807, 2.05) is 0 Å². The Hall–Kier alpha value is -0.980. The van der Waals surface area contributed by atoms with Crippen LogP contribution in [-0.2, 0) is 18.9 Å². The highest BCUT2D eigenvalue weighted by molar-refractivity contribution is 5.24. The summed E-state index contributed by atoms with van der Waals surface area (Å²) in [4.78, 5) is 2.63. The van der Waals surface area contributed by atoms with Gasteiger partial charge in [0.25, 0.3) is 0 Å². The maximum Gasteiger partial charge on any atom is 0.186 e. The summed E-state index contributed by atoms with van der Waals surface area (Å²) in [6, 6.07) is 11.0. The molecule has 5 nitrogen and oxygen atoms in total. The van der Waals surface area contributed by atoms with E-state index in [4.69, 9.17) is 18.9 Å². The second kappa shape index (κ2) is 6.03. The molecule has 1 aromatic rings. The molecule has 0 spiro atoms. The average molecular weight is 345 g/mol. The zero-order valence-corrected chi connectivity index (χ0v) is 14.9. The summed E-state index contributed by atoms with van der Waals surface area (Å²) in [5.41, 5.74) is 1.23. The van der Waals surface area contributed by atoms with Crippen LogP contribution in [0.25, 0.3) is 0 Å². The topological polar surface area (TPSA) is 40.2 Å². The summed E-state index contributed by atoms with van der Waals surface area (Å²) in [6.45, 7) is 4.25. The number of hydrogen-bond acceptors (Lipinski definition) is 5. The van der Waals surface area contributed by atoms with E-state index in [1.54, 1.807) is 0 Å². The molecule has 4 heterocycles. The molecule has 0 radical (unpaired) electrons. The van der Waals surface area contributed by atoms with E-state index >= 15 is 0 Å². The molecule has 0 amide bonds. The highest BCUT2D eigenvalue weighted by atomic mass is 16.7. The maximum absolute atomic E-state index is 6.49. The Kier molecular flexibility index (Phi) is 3.91. The van der Waals surface area contributed by atoms with Crippen molar-refractivity contribution in [3.63, 3.8) is 0 Å². The summed E-state index contributed by atoms with van der Waals surface area (Å²) in [6.07, 6.45) is 5.33. The third kappa shape index (κ3) is 2.41. The van der Waals surface area contributed by atoms with Gasteiger partial charge in [0, 0.05) is 6.42 Å². The first-order chi connectivity index (χ1) is 12.2. The van der Waals surface area contributed by atoms with E-state index in [0.717, 1.165) is 25.7 Å². The Morgan fingerprint density at radius 3 is 2.76 bits per heavy atom. The van der Waals surface area contributed by atoms with Gasteiger partial charge in [0.15, 0.2) is 12.1 Å². The van der Waals surface area contributed by atoms with E-state index in [2.05, 4.69) is 42.2 Å². The van der Waals surface area contributed by atoms with Crippen molar-refractivity contribution in [2.24, 2.45) is 0 Å². The van der Waals surface area contributed by atoms with E-state index in [0.29, 0.717) is 19.8 Å². The highest BCUT2D eigenvalue weighted by Crippen LogP contribution is 2.58. The normalized spacial score (nSPS) is 43.5. The van der Waals surface area contributed by atoms with Gasteiger partial charge in [-0.1, -0.05) is 30.3 Å². The molecule has 4 fully saturated rings. The molecule has 1 unspecified atom stereocenters. The van der Waals surface area contributed by atoms with E-state index in [9.17, 15) is 0 Å². The van der Waals surface area contributed by atoms with Gasteiger partial charge in [0.05, 0.1) is 31.4 Å². The maximum atomic E-state index is 6.49. The van der Waals surface area contributed by atoms with Crippen molar-refractivity contribution in [3.8, 4) is 0 Å². The van der Waals surface area contributed by atoms with Gasteiger partial charge in [0.1, 0.15) is 6.23 Å². The number of morpholine rings is 1. The summed E-state index contributed by atoms with van der Waals surface area (Å²) < 4.78 is 24.3. The fraction of sp³-hybridized carbons (Fsp3) is 0.700. The lowest BCUT2D eigenvalue weighted by molar-refractivity contribution is -0.257. The zero-order chi connectivity index (χ0) is 16.9. The van der Waals surface area contributed by atoms with Gasteiger partial charge in [0.2, 0.25) is 0 Å². The largest absolute Gasteiger partial charge is 0.350 e. The van der Waals surface area contributed by atoms with Gasteiger partial charge in [-0.05, 0) is 38.2 Å². The van der Waals surface area contributed by atoms with Crippen molar-refractivity contribution in [2.75, 3.05) is 19.8 Å². The van der Waals surface area contributed by atoms with E-state index < -0.39 is 5.79 Å². The molecule has 5 rings (SSSR count). The van der Waals surface area contributed by atoms with Crippen LogP contribution in [0.15, 0.2) is 30.3 Å². The summed E-state index contributed by atoms with van der Waals surface area (Å²) in [7, 11) is 0. The van der Waals surface area contributed by atoms with Crippen LogP contribution in [0, 0.1) is 0 Å². The van der Waals surface area contributed by atoms with Crippen molar-refractivity contribution >= 4 is 0 Å². The highest BCUT2D eigenvalue weighted by Gasteiger charge is 2.68. The predicted octanol–water partition coefficient (Wildman–Crippen LogP) is 3.21. The number of benzene rings is 1. The molecule has 0 N–H and O–H groups in total. The van der Waals surface area contributed by atoms with Gasteiger partial charge in [-0.15, -0.1) is 0 Å². The van der Waals surface area contributed by atoms with Gasteiger partial charge in [-0.2, -0.15) is 0 Å². The molecule has 1 aromatic carbocycles. The van der Waals surface area contributed by atoms with Crippen LogP contribution in [0.2, 0.25) is 0 Å². The van der Waals surface area contributed by atoms with Crippen LogP contribution in [-0.4, -0.2) is 48.6 Å².